The van der Waals surface area contributed by atoms with Crippen LogP contribution in [0, 0.1) is 0 Å². The predicted molar refractivity (Wildman–Crippen MR) is 121 cm³/mol. The summed E-state index contributed by atoms with van der Waals surface area (Å²) in [6.07, 6.45) is 0. The summed E-state index contributed by atoms with van der Waals surface area (Å²) >= 11 is 0. The average molecular weight is 421 g/mol. The van der Waals surface area contributed by atoms with E-state index in [1.165, 1.54) is 0 Å². The quantitative estimate of drug-likeness (QED) is 0.378. The van der Waals surface area contributed by atoms with Gasteiger partial charge >= 0.3 is 0 Å². The number of hydrogen-bond acceptors (Lipinski definition) is 4. The fraction of sp³-hybridized carbons (Fsp3) is 0.600. The number of hydrogen-bond donors (Lipinski definition) is 2. The van der Waals surface area contributed by atoms with Gasteiger partial charge in [0.2, 0.25) is 0 Å². The lowest BCUT2D eigenvalue weighted by molar-refractivity contribution is 0.130. The molecule has 0 radical (unpaired) electrons. The normalized spacial score (nSPS) is 12.5. The van der Waals surface area contributed by atoms with E-state index in [9.17, 15) is 0 Å². The molecule has 0 atom stereocenters. The van der Waals surface area contributed by atoms with Crippen molar-refractivity contribution in [3.63, 3.8) is 0 Å². The molecule has 8 heteroatoms. The Morgan fingerprint density at radius 1 is 0.821 bits per heavy atom. The largest absolute Gasteiger partial charge is 0.375 e. The topological polar surface area (TPSA) is 75.8 Å². The Labute approximate surface area is 171 Å². The van der Waals surface area contributed by atoms with Crippen LogP contribution in [-0.2, 0) is 22.7 Å². The lowest BCUT2D eigenvalue weighted by atomic mass is 10.1. The van der Waals surface area contributed by atoms with Crippen molar-refractivity contribution in [2.45, 2.75) is 64.6 Å². The molecule has 2 N–H and O–H groups in total. The highest BCUT2D eigenvalue weighted by Gasteiger charge is 2.14. The van der Waals surface area contributed by atoms with E-state index in [-0.39, 0.29) is 0 Å². The van der Waals surface area contributed by atoms with E-state index in [0.717, 1.165) is 53.7 Å². The summed E-state index contributed by atoms with van der Waals surface area (Å²) < 4.78 is 11.6. The highest BCUT2D eigenvalue weighted by molar-refractivity contribution is 6.76. The molecule has 0 fully saturated rings. The molecule has 0 unspecified atom stereocenters. The molecule has 2 rings (SSSR count). The van der Waals surface area contributed by atoms with E-state index in [1.807, 2.05) is 12.1 Å². The zero-order chi connectivity index (χ0) is 20.8. The van der Waals surface area contributed by atoms with E-state index in [1.54, 1.807) is 0 Å². The molecule has 0 aliphatic rings. The van der Waals surface area contributed by atoms with Gasteiger partial charge in [0.1, 0.15) is 0 Å². The first-order valence-corrected chi connectivity index (χ1v) is 17.4. The van der Waals surface area contributed by atoms with Crippen LogP contribution < -0.4 is 0 Å². The summed E-state index contributed by atoms with van der Waals surface area (Å²) in [5, 5.41) is 14.8. The standard InChI is InChI=1S/C20H36N4O2Si2/c1-16(19-12-17(21-23-19)14-25-8-10-27(2,3)4)20-13-18(22-24-20)15-26-9-11-28(5,6)7/h12-13H,1,8-11,14-15H2,2-7H3,(H,21,23)(H,22,24). The molecule has 28 heavy (non-hydrogen) atoms. The van der Waals surface area contributed by atoms with Crippen molar-refractivity contribution < 1.29 is 9.47 Å². The first kappa shape index (κ1) is 22.8. The van der Waals surface area contributed by atoms with Crippen molar-refractivity contribution in [2.75, 3.05) is 13.2 Å². The molecule has 0 saturated heterocycles. The van der Waals surface area contributed by atoms with Crippen molar-refractivity contribution in [2.24, 2.45) is 0 Å². The lowest BCUT2D eigenvalue weighted by Crippen LogP contribution is -2.21. The highest BCUT2D eigenvalue weighted by atomic mass is 28.3. The van der Waals surface area contributed by atoms with Crippen LogP contribution in [0.5, 0.6) is 0 Å². The monoisotopic (exact) mass is 420 g/mol. The third-order valence-electron chi connectivity index (χ3n) is 4.39. The molecule has 2 aromatic rings. The van der Waals surface area contributed by atoms with E-state index in [0.29, 0.717) is 13.2 Å². The number of H-pyrrole nitrogens is 2. The van der Waals surface area contributed by atoms with Gasteiger partial charge in [0.05, 0.1) is 36.0 Å². The second-order valence-corrected chi connectivity index (χ2v) is 21.0. The minimum atomic E-state index is -1.06. The van der Waals surface area contributed by atoms with Gasteiger partial charge in [-0.1, -0.05) is 45.9 Å². The summed E-state index contributed by atoms with van der Waals surface area (Å²) in [4.78, 5) is 0. The van der Waals surface area contributed by atoms with Gasteiger partial charge in [0.15, 0.2) is 0 Å². The number of nitrogens with zero attached hydrogens (tertiary/aromatic N) is 2. The van der Waals surface area contributed by atoms with Crippen LogP contribution in [0.2, 0.25) is 51.4 Å². The molecule has 2 heterocycles. The van der Waals surface area contributed by atoms with Crippen LogP contribution in [0.3, 0.4) is 0 Å². The maximum absolute atomic E-state index is 5.78. The van der Waals surface area contributed by atoms with E-state index < -0.39 is 16.1 Å². The number of ether oxygens (including phenoxy) is 2. The van der Waals surface area contributed by atoms with E-state index in [4.69, 9.17) is 9.47 Å². The summed E-state index contributed by atoms with van der Waals surface area (Å²) in [5.74, 6) is 0. The molecule has 156 valence electrons. The van der Waals surface area contributed by atoms with Gasteiger partial charge in [-0.3, -0.25) is 10.2 Å². The maximum atomic E-state index is 5.78. The van der Waals surface area contributed by atoms with Crippen LogP contribution >= 0.6 is 0 Å². The highest BCUT2D eigenvalue weighted by Crippen LogP contribution is 2.20. The lowest BCUT2D eigenvalue weighted by Gasteiger charge is -2.14. The second-order valence-electron chi connectivity index (χ2n) is 9.76. The Hall–Kier alpha value is -1.49. The Morgan fingerprint density at radius 2 is 1.21 bits per heavy atom. The number of aromatic nitrogens is 4. The van der Waals surface area contributed by atoms with Crippen LogP contribution in [0.4, 0.5) is 0 Å². The molecular formula is C20H36N4O2Si2. The molecule has 0 saturated carbocycles. The fourth-order valence-electron chi connectivity index (χ4n) is 2.43. The molecule has 0 aliphatic carbocycles. The molecule has 0 aliphatic heterocycles. The van der Waals surface area contributed by atoms with Gasteiger partial charge in [-0.15, -0.1) is 0 Å². The van der Waals surface area contributed by atoms with Gasteiger partial charge in [0, 0.05) is 34.9 Å². The van der Waals surface area contributed by atoms with Crippen molar-refractivity contribution in [3.05, 3.63) is 41.5 Å². The van der Waals surface area contributed by atoms with Gasteiger partial charge < -0.3 is 9.47 Å². The fourth-order valence-corrected chi connectivity index (χ4v) is 3.95. The summed E-state index contributed by atoms with van der Waals surface area (Å²) in [6, 6.07) is 6.29. The number of rotatable bonds is 12. The molecule has 0 spiro atoms. The summed E-state index contributed by atoms with van der Waals surface area (Å²) in [6.45, 7) is 20.9. The van der Waals surface area contributed by atoms with Crippen LogP contribution in [0.25, 0.3) is 5.57 Å². The Kier molecular flexibility index (Phi) is 8.00. The van der Waals surface area contributed by atoms with Gasteiger partial charge in [-0.25, -0.2) is 0 Å². The minimum Gasteiger partial charge on any atom is -0.375 e. The van der Waals surface area contributed by atoms with E-state index in [2.05, 4.69) is 66.3 Å². The van der Waals surface area contributed by atoms with Gasteiger partial charge in [-0.05, 0) is 24.2 Å². The van der Waals surface area contributed by atoms with Crippen LogP contribution in [-0.4, -0.2) is 49.8 Å². The third kappa shape index (κ3) is 8.26. The zero-order valence-corrected chi connectivity index (χ0v) is 20.3. The first-order chi connectivity index (χ1) is 13.0. The molecule has 0 aromatic carbocycles. The van der Waals surface area contributed by atoms with Gasteiger partial charge in [0.25, 0.3) is 0 Å². The van der Waals surface area contributed by atoms with Gasteiger partial charge in [-0.2, -0.15) is 10.2 Å². The molecular weight excluding hydrogens is 384 g/mol. The minimum absolute atomic E-state index is 0.543. The Balaban J connectivity index is 1.81. The van der Waals surface area contributed by atoms with Crippen molar-refractivity contribution in [1.29, 1.82) is 0 Å². The van der Waals surface area contributed by atoms with Crippen molar-refractivity contribution >= 4 is 21.7 Å². The number of aromatic amines is 2. The van der Waals surface area contributed by atoms with Crippen molar-refractivity contribution in [3.8, 4) is 0 Å². The average Bonchev–Trinajstić information content (AvgIpc) is 3.23. The zero-order valence-electron chi connectivity index (χ0n) is 18.3. The molecule has 2 aromatic heterocycles. The van der Waals surface area contributed by atoms with Crippen LogP contribution in [0.15, 0.2) is 18.7 Å². The Bertz CT molecular complexity index is 695. The SMILES string of the molecule is C=C(c1cc(COCC[Si](C)(C)C)[nH]n1)c1cc(COCC[Si](C)(C)C)[nH]n1. The first-order valence-electron chi connectivity index (χ1n) is 9.97. The summed E-state index contributed by atoms with van der Waals surface area (Å²) in [7, 11) is -2.11. The molecule has 0 amide bonds. The predicted octanol–water partition coefficient (Wildman–Crippen LogP) is 4.90. The van der Waals surface area contributed by atoms with Crippen molar-refractivity contribution in [1.82, 2.24) is 20.4 Å². The Morgan fingerprint density at radius 3 is 1.57 bits per heavy atom. The molecule has 6 nitrogen and oxygen atoms in total. The second kappa shape index (κ2) is 9.82. The maximum Gasteiger partial charge on any atom is 0.0940 e. The number of nitrogens with one attached hydrogen (secondary N) is 2. The smallest absolute Gasteiger partial charge is 0.0940 e. The summed E-state index contributed by atoms with van der Waals surface area (Å²) in [5.41, 5.74) is 4.28. The van der Waals surface area contributed by atoms with Crippen LogP contribution in [0.1, 0.15) is 22.8 Å². The van der Waals surface area contributed by atoms with E-state index >= 15 is 0 Å². The molecule has 0 bridgehead atoms. The third-order valence-corrected chi connectivity index (χ3v) is 7.80.